The molecule has 8 heteroatoms. The van der Waals surface area contributed by atoms with Crippen LogP contribution in [0, 0.1) is 10.1 Å². The molecule has 0 atom stereocenters. The van der Waals surface area contributed by atoms with Crippen LogP contribution in [-0.4, -0.2) is 16.9 Å². The number of allylic oxidation sites excluding steroid dienone is 2. The topological polar surface area (TPSA) is 92.5 Å². The van der Waals surface area contributed by atoms with E-state index in [4.69, 9.17) is 11.6 Å². The summed E-state index contributed by atoms with van der Waals surface area (Å²) in [6, 6.07) is 11.9. The largest absolute Gasteiger partial charge is 0.333 e. The second kappa shape index (κ2) is 7.20. The first-order chi connectivity index (χ1) is 12.5. The molecule has 7 nitrogen and oxygen atoms in total. The van der Waals surface area contributed by atoms with Gasteiger partial charge in [-0.2, -0.15) is 0 Å². The van der Waals surface area contributed by atoms with E-state index in [0.717, 1.165) is 4.90 Å². The quantitative estimate of drug-likeness (QED) is 0.383. The Morgan fingerprint density at radius 3 is 2.46 bits per heavy atom. The molecule has 3 amide bonds. The zero-order chi connectivity index (χ0) is 18.7. The van der Waals surface area contributed by atoms with Gasteiger partial charge in [-0.3, -0.25) is 14.9 Å². The molecule has 0 spiro atoms. The van der Waals surface area contributed by atoms with Gasteiger partial charge in [0.2, 0.25) is 0 Å². The third-order valence-electron chi connectivity index (χ3n) is 3.64. The van der Waals surface area contributed by atoms with Gasteiger partial charge in [0.15, 0.2) is 0 Å². The standard InChI is InChI=1S/C18H12ClN3O4/c19-13-8-10-14(11-9-13)21-17(23)15(20-18(21)24)6-3-5-12-4-1-2-7-16(12)22(25)26/h1-11H,(H,20,24)/b5-3+,15-6+. The van der Waals surface area contributed by atoms with Crippen molar-refractivity contribution in [2.75, 3.05) is 4.90 Å². The molecule has 3 rings (SSSR count). The van der Waals surface area contributed by atoms with Crippen LogP contribution in [0.25, 0.3) is 6.08 Å². The summed E-state index contributed by atoms with van der Waals surface area (Å²) in [5.74, 6) is -0.524. The summed E-state index contributed by atoms with van der Waals surface area (Å²) in [5.41, 5.74) is 0.801. The maximum Gasteiger partial charge on any atom is 0.333 e. The minimum absolute atomic E-state index is 0.0493. The molecule has 0 saturated carbocycles. The Balaban J connectivity index is 1.82. The number of carbonyl (C=O) groups excluding carboxylic acids is 2. The number of hydrogen-bond acceptors (Lipinski definition) is 4. The lowest BCUT2D eigenvalue weighted by atomic mass is 10.1. The molecule has 1 aliphatic rings. The maximum absolute atomic E-state index is 12.4. The summed E-state index contributed by atoms with van der Waals surface area (Å²) >= 11 is 5.81. The van der Waals surface area contributed by atoms with Crippen LogP contribution >= 0.6 is 11.6 Å². The lowest BCUT2D eigenvalue weighted by Crippen LogP contribution is -2.30. The molecule has 0 aromatic heterocycles. The van der Waals surface area contributed by atoms with Crippen molar-refractivity contribution in [2.24, 2.45) is 0 Å². The number of carbonyl (C=O) groups is 2. The SMILES string of the molecule is O=C1N/C(=C/C=C/c2ccccc2[N+](=O)[O-])C(=O)N1c1ccc(Cl)cc1. The van der Waals surface area contributed by atoms with E-state index in [2.05, 4.69) is 5.32 Å². The molecule has 2 aromatic carbocycles. The molecule has 1 heterocycles. The number of hydrogen-bond donors (Lipinski definition) is 1. The number of urea groups is 1. The van der Waals surface area contributed by atoms with Crippen LogP contribution in [0.1, 0.15) is 5.56 Å². The summed E-state index contributed by atoms with van der Waals surface area (Å²) in [6.07, 6.45) is 4.36. The molecule has 26 heavy (non-hydrogen) atoms. The summed E-state index contributed by atoms with van der Waals surface area (Å²) in [7, 11) is 0. The van der Waals surface area contributed by atoms with Crippen LogP contribution in [0.5, 0.6) is 0 Å². The Kier molecular flexibility index (Phi) is 4.81. The first kappa shape index (κ1) is 17.4. The molecular formula is C18H12ClN3O4. The van der Waals surface area contributed by atoms with Gasteiger partial charge in [-0.1, -0.05) is 29.8 Å². The second-order valence-electron chi connectivity index (χ2n) is 5.30. The molecular weight excluding hydrogens is 358 g/mol. The van der Waals surface area contributed by atoms with Gasteiger partial charge in [0.05, 0.1) is 16.2 Å². The van der Waals surface area contributed by atoms with E-state index in [-0.39, 0.29) is 11.4 Å². The van der Waals surface area contributed by atoms with Crippen molar-refractivity contribution < 1.29 is 14.5 Å². The third kappa shape index (κ3) is 3.47. The predicted molar refractivity (Wildman–Crippen MR) is 97.7 cm³/mol. The molecule has 2 aromatic rings. The molecule has 0 aliphatic carbocycles. The predicted octanol–water partition coefficient (Wildman–Crippen LogP) is 3.90. The van der Waals surface area contributed by atoms with E-state index in [9.17, 15) is 19.7 Å². The lowest BCUT2D eigenvalue weighted by molar-refractivity contribution is -0.385. The van der Waals surface area contributed by atoms with Crippen LogP contribution in [0.3, 0.4) is 0 Å². The smallest absolute Gasteiger partial charge is 0.302 e. The van der Waals surface area contributed by atoms with Gasteiger partial charge < -0.3 is 5.32 Å². The number of benzene rings is 2. The van der Waals surface area contributed by atoms with E-state index < -0.39 is 16.9 Å². The highest BCUT2D eigenvalue weighted by Gasteiger charge is 2.34. The van der Waals surface area contributed by atoms with Crippen molar-refractivity contribution in [3.8, 4) is 0 Å². The van der Waals surface area contributed by atoms with E-state index in [1.165, 1.54) is 24.3 Å². The molecule has 0 radical (unpaired) electrons. The van der Waals surface area contributed by atoms with Gasteiger partial charge in [0.25, 0.3) is 11.6 Å². The fourth-order valence-corrected chi connectivity index (χ4v) is 2.54. The third-order valence-corrected chi connectivity index (χ3v) is 3.89. The number of amides is 3. The highest BCUT2D eigenvalue weighted by Crippen LogP contribution is 2.23. The summed E-state index contributed by atoms with van der Waals surface area (Å²) in [5, 5.41) is 13.9. The van der Waals surface area contributed by atoms with Crippen molar-refractivity contribution in [2.45, 2.75) is 0 Å². The zero-order valence-electron chi connectivity index (χ0n) is 13.3. The fourth-order valence-electron chi connectivity index (χ4n) is 2.42. The van der Waals surface area contributed by atoms with Crippen LogP contribution < -0.4 is 10.2 Å². The number of nitrogens with one attached hydrogen (secondary N) is 1. The van der Waals surface area contributed by atoms with Gasteiger partial charge in [-0.25, -0.2) is 9.69 Å². The highest BCUT2D eigenvalue weighted by atomic mass is 35.5. The van der Waals surface area contributed by atoms with Gasteiger partial charge >= 0.3 is 6.03 Å². The van der Waals surface area contributed by atoms with E-state index in [1.807, 2.05) is 0 Å². The minimum Gasteiger partial charge on any atom is -0.302 e. The van der Waals surface area contributed by atoms with Gasteiger partial charge in [0.1, 0.15) is 5.70 Å². The van der Waals surface area contributed by atoms with E-state index >= 15 is 0 Å². The van der Waals surface area contributed by atoms with Crippen molar-refractivity contribution in [1.82, 2.24) is 5.32 Å². The Hall–Kier alpha value is -3.45. The van der Waals surface area contributed by atoms with Crippen molar-refractivity contribution in [3.05, 3.63) is 87.1 Å². The van der Waals surface area contributed by atoms with Gasteiger partial charge in [0, 0.05) is 11.1 Å². The van der Waals surface area contributed by atoms with Crippen molar-refractivity contribution in [1.29, 1.82) is 0 Å². The number of nitro groups is 1. The summed E-state index contributed by atoms with van der Waals surface area (Å²) < 4.78 is 0. The highest BCUT2D eigenvalue weighted by molar-refractivity contribution is 6.31. The van der Waals surface area contributed by atoms with Crippen LogP contribution in [0.15, 0.2) is 66.4 Å². The number of para-hydroxylation sites is 1. The average molecular weight is 370 g/mol. The number of nitrogens with zero attached hydrogens (tertiary/aromatic N) is 2. The first-order valence-electron chi connectivity index (χ1n) is 7.50. The lowest BCUT2D eigenvalue weighted by Gasteiger charge is -2.11. The molecule has 0 unspecified atom stereocenters. The Morgan fingerprint density at radius 1 is 1.08 bits per heavy atom. The normalized spacial score (nSPS) is 15.7. The monoisotopic (exact) mass is 369 g/mol. The Morgan fingerprint density at radius 2 is 1.77 bits per heavy atom. The summed E-state index contributed by atoms with van der Waals surface area (Å²) in [4.78, 5) is 36.0. The molecule has 1 fully saturated rings. The van der Waals surface area contributed by atoms with E-state index in [0.29, 0.717) is 16.3 Å². The van der Waals surface area contributed by atoms with Gasteiger partial charge in [-0.05, 0) is 42.5 Å². The van der Waals surface area contributed by atoms with Gasteiger partial charge in [-0.15, -0.1) is 0 Å². The molecule has 0 bridgehead atoms. The van der Waals surface area contributed by atoms with Crippen molar-refractivity contribution in [3.63, 3.8) is 0 Å². The molecule has 1 aliphatic heterocycles. The molecule has 1 saturated heterocycles. The maximum atomic E-state index is 12.4. The summed E-state index contributed by atoms with van der Waals surface area (Å²) in [6.45, 7) is 0. The van der Waals surface area contributed by atoms with Crippen molar-refractivity contribution >= 4 is 41.0 Å². The fraction of sp³-hybridized carbons (Fsp3) is 0. The Bertz CT molecular complexity index is 951. The Labute approximate surface area is 153 Å². The number of nitro benzene ring substituents is 1. The number of rotatable bonds is 4. The average Bonchev–Trinajstić information content (AvgIpc) is 2.90. The van der Waals surface area contributed by atoms with Crippen LogP contribution in [0.4, 0.5) is 16.2 Å². The molecule has 1 N–H and O–H groups in total. The number of anilines is 1. The van der Waals surface area contributed by atoms with Crippen LogP contribution in [-0.2, 0) is 4.79 Å². The first-order valence-corrected chi connectivity index (χ1v) is 7.88. The van der Waals surface area contributed by atoms with Crippen LogP contribution in [0.2, 0.25) is 5.02 Å². The second-order valence-corrected chi connectivity index (χ2v) is 5.74. The van der Waals surface area contributed by atoms with E-state index in [1.54, 1.807) is 42.5 Å². The number of halogens is 1. The molecule has 130 valence electrons. The number of imide groups is 1. The minimum atomic E-state index is -0.581. The zero-order valence-corrected chi connectivity index (χ0v) is 14.0.